The number of rotatable bonds is 4. The van der Waals surface area contributed by atoms with Crippen molar-refractivity contribution in [3.05, 3.63) is 163 Å². The Hall–Kier alpha value is -6.63. The summed E-state index contributed by atoms with van der Waals surface area (Å²) in [6, 6.07) is 52.4. The molecule has 6 heteroatoms. The summed E-state index contributed by atoms with van der Waals surface area (Å²) < 4.78 is 15.9. The molecule has 11 rings (SSSR count). The fraction of sp³-hybridized carbons (Fsp3) is 0.0625. The molecule has 0 saturated heterocycles. The van der Waals surface area contributed by atoms with Crippen LogP contribution < -0.4 is 9.47 Å². The molecular weight excluding hydrogens is 683 g/mol. The van der Waals surface area contributed by atoms with Gasteiger partial charge < -0.3 is 9.47 Å². The number of nitrogens with zero attached hydrogens (tertiary/aromatic N) is 3. The molecule has 0 saturated carbocycles. The maximum Gasteiger partial charge on any atom is 0.178 e. The molecule has 54 heavy (non-hydrogen) atoms. The van der Waals surface area contributed by atoms with E-state index in [1.54, 1.807) is 11.3 Å². The van der Waals surface area contributed by atoms with Crippen LogP contribution in [0.1, 0.15) is 25.0 Å². The Labute approximate surface area is 316 Å². The lowest BCUT2D eigenvalue weighted by molar-refractivity contribution is 0.361. The molecule has 0 radical (unpaired) electrons. The first-order chi connectivity index (χ1) is 26.5. The van der Waals surface area contributed by atoms with Crippen molar-refractivity contribution in [1.82, 2.24) is 15.0 Å². The zero-order valence-electron chi connectivity index (χ0n) is 29.5. The Morgan fingerprint density at radius 3 is 1.91 bits per heavy atom. The highest BCUT2D eigenvalue weighted by molar-refractivity contribution is 7.25. The molecule has 1 aliphatic carbocycles. The van der Waals surface area contributed by atoms with Crippen LogP contribution in [0, 0.1) is 0 Å². The average Bonchev–Trinajstić information content (AvgIpc) is 3.71. The van der Waals surface area contributed by atoms with Crippen LogP contribution in [0.5, 0.6) is 23.0 Å². The largest absolute Gasteiger partial charge is 0.449 e. The van der Waals surface area contributed by atoms with Crippen molar-refractivity contribution in [3.63, 3.8) is 0 Å². The van der Waals surface area contributed by atoms with E-state index in [1.807, 2.05) is 48.5 Å². The van der Waals surface area contributed by atoms with Gasteiger partial charge in [0.15, 0.2) is 40.5 Å². The van der Waals surface area contributed by atoms with Crippen LogP contribution in [0.25, 0.3) is 76.6 Å². The Balaban J connectivity index is 0.984. The summed E-state index contributed by atoms with van der Waals surface area (Å²) in [4.78, 5) is 15.0. The third-order valence-electron chi connectivity index (χ3n) is 10.8. The Bertz CT molecular complexity index is 2970. The van der Waals surface area contributed by atoms with Gasteiger partial charge in [0.05, 0.1) is 0 Å². The Kier molecular flexibility index (Phi) is 6.70. The van der Waals surface area contributed by atoms with E-state index in [1.165, 1.54) is 36.9 Å². The quantitative estimate of drug-likeness (QED) is 0.182. The lowest BCUT2D eigenvalue weighted by Crippen LogP contribution is -2.15. The molecule has 2 aromatic heterocycles. The van der Waals surface area contributed by atoms with E-state index in [2.05, 4.69) is 117 Å². The summed E-state index contributed by atoms with van der Waals surface area (Å²) in [5.74, 6) is 4.78. The van der Waals surface area contributed by atoms with Crippen LogP contribution in [-0.2, 0) is 5.41 Å². The molecule has 0 spiro atoms. The summed E-state index contributed by atoms with van der Waals surface area (Å²) in [6.45, 7) is 4.55. The van der Waals surface area contributed by atoms with Crippen molar-refractivity contribution in [2.75, 3.05) is 0 Å². The predicted molar refractivity (Wildman–Crippen MR) is 219 cm³/mol. The van der Waals surface area contributed by atoms with Crippen molar-refractivity contribution >= 4 is 31.5 Å². The Morgan fingerprint density at radius 1 is 0.444 bits per heavy atom. The minimum absolute atomic E-state index is 0.138. The summed E-state index contributed by atoms with van der Waals surface area (Å²) in [5.41, 5.74) is 9.44. The van der Waals surface area contributed by atoms with E-state index in [0.717, 1.165) is 44.9 Å². The van der Waals surface area contributed by atoms with Crippen LogP contribution in [0.4, 0.5) is 0 Å². The molecule has 0 amide bonds. The van der Waals surface area contributed by atoms with Gasteiger partial charge in [0, 0.05) is 53.4 Å². The highest BCUT2D eigenvalue weighted by Gasteiger charge is 2.39. The highest BCUT2D eigenvalue weighted by atomic mass is 32.1. The standard InChI is InChI=1S/C48H31N3O2S/c1-48(2)36-16-8-6-14-35(36)42-37(48)25-26-39-44(42)53-43-32(15-10-17-38(43)52-39)28-19-21-30(22-20-28)46-49-45(29-11-4-3-5-12-29)50-47(51-46)31-23-24-34-33-13-7-9-18-40(33)54-41(34)27-31/h3-27H,1-2H3. The van der Waals surface area contributed by atoms with Crippen molar-refractivity contribution in [2.24, 2.45) is 0 Å². The van der Waals surface area contributed by atoms with Crippen LogP contribution in [0.3, 0.4) is 0 Å². The number of hydrogen-bond acceptors (Lipinski definition) is 6. The second-order valence-corrected chi connectivity index (χ2v) is 15.5. The fourth-order valence-corrected chi connectivity index (χ4v) is 9.23. The maximum atomic E-state index is 6.89. The van der Waals surface area contributed by atoms with Crippen LogP contribution in [0.2, 0.25) is 0 Å². The summed E-state index contributed by atoms with van der Waals surface area (Å²) in [6.07, 6.45) is 0. The van der Waals surface area contributed by atoms with Crippen LogP contribution in [0.15, 0.2) is 152 Å². The lowest BCUT2D eigenvalue weighted by atomic mass is 9.82. The molecule has 5 nitrogen and oxygen atoms in total. The SMILES string of the molecule is CC1(C)c2ccccc2-c2c1ccc1c2Oc2c(cccc2-c2ccc(-c3nc(-c4ccccc4)nc(-c4ccc5c(c4)sc4ccccc45)n3)cc2)O1. The first kappa shape index (κ1) is 30.9. The molecular formula is C48H31N3O2S. The van der Waals surface area contributed by atoms with E-state index < -0.39 is 0 Å². The van der Waals surface area contributed by atoms with Gasteiger partial charge in [0.25, 0.3) is 0 Å². The molecule has 0 fully saturated rings. The van der Waals surface area contributed by atoms with Gasteiger partial charge in [-0.1, -0.05) is 141 Å². The van der Waals surface area contributed by atoms with Crippen molar-refractivity contribution in [2.45, 2.75) is 19.3 Å². The summed E-state index contributed by atoms with van der Waals surface area (Å²) in [7, 11) is 0. The second kappa shape index (κ2) is 11.7. The molecule has 9 aromatic rings. The number of benzene rings is 7. The van der Waals surface area contributed by atoms with Gasteiger partial charge in [-0.15, -0.1) is 11.3 Å². The third kappa shape index (κ3) is 4.73. The molecule has 0 atom stereocenters. The van der Waals surface area contributed by atoms with Gasteiger partial charge in [-0.2, -0.15) is 0 Å². The molecule has 3 heterocycles. The van der Waals surface area contributed by atoms with Crippen molar-refractivity contribution in [3.8, 4) is 79.4 Å². The normalized spacial score (nSPS) is 13.4. The Morgan fingerprint density at radius 2 is 1.07 bits per heavy atom. The minimum atomic E-state index is -0.138. The smallest absolute Gasteiger partial charge is 0.178 e. The van der Waals surface area contributed by atoms with E-state index in [9.17, 15) is 0 Å². The monoisotopic (exact) mass is 713 g/mol. The summed E-state index contributed by atoms with van der Waals surface area (Å²) >= 11 is 1.79. The highest BCUT2D eigenvalue weighted by Crippen LogP contribution is 2.59. The average molecular weight is 714 g/mol. The van der Waals surface area contributed by atoms with Gasteiger partial charge >= 0.3 is 0 Å². The second-order valence-electron chi connectivity index (χ2n) is 14.4. The lowest BCUT2D eigenvalue weighted by Gasteiger charge is -2.26. The molecule has 1 aliphatic heterocycles. The van der Waals surface area contributed by atoms with Gasteiger partial charge in [-0.3, -0.25) is 0 Å². The topological polar surface area (TPSA) is 57.1 Å². The first-order valence-corrected chi connectivity index (χ1v) is 18.9. The number of thiophene rings is 1. The maximum absolute atomic E-state index is 6.89. The zero-order valence-corrected chi connectivity index (χ0v) is 30.3. The van der Waals surface area contributed by atoms with Gasteiger partial charge in [0.2, 0.25) is 0 Å². The molecule has 7 aromatic carbocycles. The van der Waals surface area contributed by atoms with E-state index in [4.69, 9.17) is 24.4 Å². The van der Waals surface area contributed by atoms with E-state index in [-0.39, 0.29) is 5.41 Å². The van der Waals surface area contributed by atoms with Gasteiger partial charge in [-0.25, -0.2) is 15.0 Å². The molecule has 0 N–H and O–H groups in total. The number of para-hydroxylation sites is 1. The predicted octanol–water partition coefficient (Wildman–Crippen LogP) is 13.1. The number of aromatic nitrogens is 3. The van der Waals surface area contributed by atoms with Gasteiger partial charge in [0.1, 0.15) is 0 Å². The van der Waals surface area contributed by atoms with Crippen LogP contribution >= 0.6 is 11.3 Å². The number of hydrogen-bond donors (Lipinski definition) is 0. The van der Waals surface area contributed by atoms with Crippen molar-refractivity contribution in [1.29, 1.82) is 0 Å². The minimum Gasteiger partial charge on any atom is -0.449 e. The first-order valence-electron chi connectivity index (χ1n) is 18.1. The summed E-state index contributed by atoms with van der Waals surface area (Å²) in [5, 5.41) is 2.51. The molecule has 2 aliphatic rings. The van der Waals surface area contributed by atoms with Crippen LogP contribution in [-0.4, -0.2) is 15.0 Å². The fourth-order valence-electron chi connectivity index (χ4n) is 8.09. The molecule has 0 bridgehead atoms. The van der Waals surface area contributed by atoms with Gasteiger partial charge in [-0.05, 0) is 46.5 Å². The van der Waals surface area contributed by atoms with E-state index >= 15 is 0 Å². The van der Waals surface area contributed by atoms with E-state index in [0.29, 0.717) is 29.0 Å². The van der Waals surface area contributed by atoms with Crippen molar-refractivity contribution < 1.29 is 9.47 Å². The zero-order chi connectivity index (χ0) is 36.0. The number of ether oxygens (including phenoxy) is 2. The molecule has 0 unspecified atom stereocenters. The third-order valence-corrected chi connectivity index (χ3v) is 12.0. The number of fused-ring (bicyclic) bond motifs is 9. The molecule has 256 valence electrons.